The first-order valence-electron chi connectivity index (χ1n) is 4.65. The average molecular weight is 249 g/mol. The summed E-state index contributed by atoms with van der Waals surface area (Å²) < 4.78 is 1.04. The number of anilines is 1. The van der Waals surface area contributed by atoms with Crippen LogP contribution in [-0.2, 0) is 0 Å². The number of nitrogens with zero attached hydrogens (tertiary/aromatic N) is 4. The molecule has 1 heterocycles. The molecule has 2 rings (SSSR count). The molecular weight excluding hydrogens is 242 g/mol. The van der Waals surface area contributed by atoms with Crippen molar-refractivity contribution in [1.82, 2.24) is 20.2 Å². The van der Waals surface area contributed by atoms with E-state index in [0.29, 0.717) is 0 Å². The third-order valence-corrected chi connectivity index (χ3v) is 2.15. The first-order valence-corrected chi connectivity index (χ1v) is 4.65. The maximum absolute atomic E-state index is 10.9. The van der Waals surface area contributed by atoms with Gasteiger partial charge in [-0.1, -0.05) is 5.10 Å². The molecule has 9 heteroatoms. The zero-order chi connectivity index (χ0) is 13.3. The van der Waals surface area contributed by atoms with Gasteiger partial charge in [-0.05, 0) is 28.6 Å². The maximum atomic E-state index is 10.9. The van der Waals surface area contributed by atoms with Crippen LogP contribution in [0, 0.1) is 0 Å². The second kappa shape index (κ2) is 4.13. The molecule has 0 saturated heterocycles. The standard InChI is InChI=1S/C9H7N5O4/c10-9-11-12-13-14(9)6-2-4(7(15)16)1-5(3-6)8(17)18/h1-3H,(H,15,16)(H,17,18)(H2,10,11,13). The highest BCUT2D eigenvalue weighted by atomic mass is 16.4. The molecule has 0 atom stereocenters. The minimum atomic E-state index is -1.26. The predicted octanol–water partition coefficient (Wildman–Crippen LogP) is -0.359. The summed E-state index contributed by atoms with van der Waals surface area (Å²) in [6.07, 6.45) is 0. The third-order valence-electron chi connectivity index (χ3n) is 2.15. The van der Waals surface area contributed by atoms with Crippen LogP contribution in [-0.4, -0.2) is 42.4 Å². The molecule has 0 fully saturated rings. The van der Waals surface area contributed by atoms with E-state index in [4.69, 9.17) is 15.9 Å². The van der Waals surface area contributed by atoms with Crippen molar-refractivity contribution in [3.8, 4) is 5.69 Å². The normalized spacial score (nSPS) is 10.2. The van der Waals surface area contributed by atoms with Crippen LogP contribution in [0.3, 0.4) is 0 Å². The summed E-state index contributed by atoms with van der Waals surface area (Å²) in [5, 5.41) is 28.0. The van der Waals surface area contributed by atoms with Gasteiger partial charge in [0.25, 0.3) is 0 Å². The fourth-order valence-electron chi connectivity index (χ4n) is 1.36. The molecule has 4 N–H and O–H groups in total. The highest BCUT2D eigenvalue weighted by molar-refractivity contribution is 5.94. The fourth-order valence-corrected chi connectivity index (χ4v) is 1.36. The second-order valence-corrected chi connectivity index (χ2v) is 3.33. The number of hydrogen-bond acceptors (Lipinski definition) is 6. The number of tetrazole rings is 1. The third kappa shape index (κ3) is 1.96. The summed E-state index contributed by atoms with van der Waals surface area (Å²) in [5.74, 6) is -2.59. The molecule has 1 aromatic heterocycles. The van der Waals surface area contributed by atoms with Crippen molar-refractivity contribution >= 4 is 17.9 Å². The van der Waals surface area contributed by atoms with E-state index >= 15 is 0 Å². The maximum Gasteiger partial charge on any atom is 0.335 e. The van der Waals surface area contributed by atoms with E-state index in [9.17, 15) is 9.59 Å². The summed E-state index contributed by atoms with van der Waals surface area (Å²) in [7, 11) is 0. The Hall–Kier alpha value is -2.97. The molecule has 9 nitrogen and oxygen atoms in total. The molecule has 0 aliphatic rings. The quantitative estimate of drug-likeness (QED) is 0.668. The lowest BCUT2D eigenvalue weighted by molar-refractivity contribution is 0.0696. The van der Waals surface area contributed by atoms with Crippen molar-refractivity contribution in [3.63, 3.8) is 0 Å². The molecule has 1 aromatic carbocycles. The summed E-state index contributed by atoms with van der Waals surface area (Å²) in [6, 6.07) is 3.48. The molecule has 0 radical (unpaired) electrons. The van der Waals surface area contributed by atoms with E-state index in [2.05, 4.69) is 15.5 Å². The molecular formula is C9H7N5O4. The molecule has 2 aromatic rings. The Morgan fingerprint density at radius 3 is 2.06 bits per heavy atom. The van der Waals surface area contributed by atoms with Crippen molar-refractivity contribution in [1.29, 1.82) is 0 Å². The Bertz CT molecular complexity index is 603. The molecule has 0 spiro atoms. The number of aromatic carboxylic acids is 2. The Labute approximate surface area is 99.5 Å². The highest BCUT2D eigenvalue weighted by Crippen LogP contribution is 2.15. The van der Waals surface area contributed by atoms with Crippen LogP contribution in [0.15, 0.2) is 18.2 Å². The number of rotatable bonds is 3. The van der Waals surface area contributed by atoms with Crippen LogP contribution < -0.4 is 5.73 Å². The molecule has 0 saturated carbocycles. The van der Waals surface area contributed by atoms with Crippen LogP contribution in [0.5, 0.6) is 0 Å². The molecule has 0 aliphatic heterocycles. The lowest BCUT2D eigenvalue weighted by Gasteiger charge is -2.05. The molecule has 0 unspecified atom stereocenters. The van der Waals surface area contributed by atoms with E-state index in [1.165, 1.54) is 12.1 Å². The average Bonchev–Trinajstić information content (AvgIpc) is 2.74. The van der Waals surface area contributed by atoms with Crippen molar-refractivity contribution in [3.05, 3.63) is 29.3 Å². The number of nitrogen functional groups attached to an aromatic ring is 1. The van der Waals surface area contributed by atoms with Crippen LogP contribution >= 0.6 is 0 Å². The first-order chi connectivity index (χ1) is 8.49. The smallest absolute Gasteiger partial charge is 0.335 e. The number of carboxylic acid groups (broad SMARTS) is 2. The van der Waals surface area contributed by atoms with Gasteiger partial charge >= 0.3 is 11.9 Å². The van der Waals surface area contributed by atoms with E-state index in [1.807, 2.05) is 0 Å². The van der Waals surface area contributed by atoms with Crippen LogP contribution in [0.25, 0.3) is 5.69 Å². The van der Waals surface area contributed by atoms with Crippen molar-refractivity contribution in [2.45, 2.75) is 0 Å². The Balaban J connectivity index is 2.64. The zero-order valence-electron chi connectivity index (χ0n) is 8.81. The number of carboxylic acids is 2. The van der Waals surface area contributed by atoms with E-state index in [0.717, 1.165) is 10.7 Å². The zero-order valence-corrected chi connectivity index (χ0v) is 8.81. The second-order valence-electron chi connectivity index (χ2n) is 3.33. The topological polar surface area (TPSA) is 144 Å². The Morgan fingerprint density at radius 1 is 1.11 bits per heavy atom. The van der Waals surface area contributed by atoms with Crippen molar-refractivity contribution in [2.75, 3.05) is 5.73 Å². The van der Waals surface area contributed by atoms with E-state index < -0.39 is 11.9 Å². The monoisotopic (exact) mass is 249 g/mol. The minimum absolute atomic E-state index is 0.0751. The first kappa shape index (κ1) is 11.5. The van der Waals surface area contributed by atoms with E-state index in [1.54, 1.807) is 0 Å². The van der Waals surface area contributed by atoms with Gasteiger partial charge in [-0.25, -0.2) is 9.59 Å². The van der Waals surface area contributed by atoms with Crippen molar-refractivity contribution < 1.29 is 19.8 Å². The van der Waals surface area contributed by atoms with Crippen LogP contribution in [0.2, 0.25) is 0 Å². The molecule has 0 aliphatic carbocycles. The molecule has 92 valence electrons. The highest BCUT2D eigenvalue weighted by Gasteiger charge is 2.14. The van der Waals surface area contributed by atoms with Gasteiger partial charge < -0.3 is 15.9 Å². The number of carbonyl (C=O) groups is 2. The summed E-state index contributed by atoms with van der Waals surface area (Å²) in [6.45, 7) is 0. The Morgan fingerprint density at radius 2 is 1.67 bits per heavy atom. The molecule has 0 amide bonds. The van der Waals surface area contributed by atoms with Gasteiger partial charge in [0.2, 0.25) is 5.95 Å². The van der Waals surface area contributed by atoms with Gasteiger partial charge in [-0.3, -0.25) is 0 Å². The number of hydrogen-bond donors (Lipinski definition) is 3. The van der Waals surface area contributed by atoms with Gasteiger partial charge in [-0.2, -0.15) is 4.68 Å². The van der Waals surface area contributed by atoms with Gasteiger partial charge in [0.05, 0.1) is 16.8 Å². The summed E-state index contributed by atoms with van der Waals surface area (Å²) in [4.78, 5) is 21.8. The van der Waals surface area contributed by atoms with E-state index in [-0.39, 0.29) is 22.8 Å². The molecule has 18 heavy (non-hydrogen) atoms. The predicted molar refractivity (Wildman–Crippen MR) is 57.5 cm³/mol. The van der Waals surface area contributed by atoms with Crippen molar-refractivity contribution in [2.24, 2.45) is 0 Å². The minimum Gasteiger partial charge on any atom is -0.478 e. The molecule has 0 bridgehead atoms. The Kier molecular flexibility index (Phi) is 2.64. The van der Waals surface area contributed by atoms with Gasteiger partial charge in [0.15, 0.2) is 0 Å². The number of benzene rings is 1. The fraction of sp³-hybridized carbons (Fsp3) is 0. The SMILES string of the molecule is Nc1nnnn1-c1cc(C(=O)O)cc(C(=O)O)c1. The summed E-state index contributed by atoms with van der Waals surface area (Å²) in [5.41, 5.74) is 5.23. The van der Waals surface area contributed by atoms with Gasteiger partial charge in [-0.15, -0.1) is 0 Å². The van der Waals surface area contributed by atoms with Gasteiger partial charge in [0, 0.05) is 0 Å². The number of aromatic nitrogens is 4. The largest absolute Gasteiger partial charge is 0.478 e. The van der Waals surface area contributed by atoms with Crippen LogP contribution in [0.1, 0.15) is 20.7 Å². The lowest BCUT2D eigenvalue weighted by Crippen LogP contribution is -2.08. The van der Waals surface area contributed by atoms with Crippen LogP contribution in [0.4, 0.5) is 5.95 Å². The lowest BCUT2D eigenvalue weighted by atomic mass is 10.1. The summed E-state index contributed by atoms with van der Waals surface area (Å²) >= 11 is 0. The number of nitrogens with two attached hydrogens (primary N) is 1. The van der Waals surface area contributed by atoms with Gasteiger partial charge in [0.1, 0.15) is 0 Å².